The molecule has 5 nitrogen and oxygen atoms in total. The number of nitrogens with two attached hydrogens (primary N) is 1. The summed E-state index contributed by atoms with van der Waals surface area (Å²) in [5.41, 5.74) is 1.39. The van der Waals surface area contributed by atoms with Crippen molar-refractivity contribution < 1.29 is 13.5 Å². The molecule has 0 saturated heterocycles. The molecule has 0 spiro atoms. The molecule has 0 unspecified atom stereocenters. The van der Waals surface area contributed by atoms with E-state index in [9.17, 15) is 8.42 Å². The van der Waals surface area contributed by atoms with Crippen molar-refractivity contribution >= 4 is 27.1 Å². The third-order valence-corrected chi connectivity index (χ3v) is 5.04. The van der Waals surface area contributed by atoms with Crippen molar-refractivity contribution in [2.45, 2.75) is 4.21 Å². The van der Waals surface area contributed by atoms with Gasteiger partial charge in [0.15, 0.2) is 0 Å². The van der Waals surface area contributed by atoms with Gasteiger partial charge in [0.25, 0.3) is 0 Å². The molecule has 1 heterocycles. The van der Waals surface area contributed by atoms with E-state index in [4.69, 9.17) is 15.7 Å². The van der Waals surface area contributed by atoms with E-state index in [1.165, 1.54) is 0 Å². The van der Waals surface area contributed by atoms with Crippen molar-refractivity contribution in [3.05, 3.63) is 41.3 Å². The molecule has 4 N–H and O–H groups in total. The first-order chi connectivity index (χ1) is 8.95. The molecule has 0 aliphatic heterocycles. The molecule has 0 aliphatic carbocycles. The fourth-order valence-corrected chi connectivity index (χ4v) is 3.77. The second-order valence-electron chi connectivity index (χ2n) is 3.86. The van der Waals surface area contributed by atoms with E-state index in [2.05, 4.69) is 0 Å². The molecule has 0 fully saturated rings. The van der Waals surface area contributed by atoms with Gasteiger partial charge in [0.2, 0.25) is 10.0 Å². The van der Waals surface area contributed by atoms with Crippen LogP contribution in [0.1, 0.15) is 5.56 Å². The van der Waals surface area contributed by atoms with Crippen molar-refractivity contribution in [3.63, 3.8) is 0 Å². The van der Waals surface area contributed by atoms with Gasteiger partial charge in [0, 0.05) is 16.5 Å². The van der Waals surface area contributed by atoms with Gasteiger partial charge >= 0.3 is 0 Å². The van der Waals surface area contributed by atoms with Gasteiger partial charge < -0.3 is 10.5 Å². The summed E-state index contributed by atoms with van der Waals surface area (Å²) in [5, 5.41) is 23.6. The third-order valence-electron chi connectivity index (χ3n) is 2.56. The monoisotopic (exact) mass is 296 g/mol. The van der Waals surface area contributed by atoms with E-state index >= 15 is 0 Å². The highest BCUT2D eigenvalue weighted by Gasteiger charge is 2.23. The average Bonchev–Trinajstić information content (AvgIpc) is 2.83. The molecular formula is C12H12N2O3S2. The largest absolute Gasteiger partial charge is 0.390 e. The normalized spacial score (nSPS) is 11.5. The van der Waals surface area contributed by atoms with Crippen LogP contribution in [-0.2, 0) is 10.0 Å². The molecule has 7 heteroatoms. The Labute approximate surface area is 114 Å². The Morgan fingerprint density at radius 3 is 2.47 bits per heavy atom. The number of aliphatic hydroxyl groups excluding tert-OH is 1. The Hall–Kier alpha value is -1.54. The van der Waals surface area contributed by atoms with Crippen LogP contribution in [0.4, 0.5) is 0 Å². The van der Waals surface area contributed by atoms with Crippen LogP contribution in [0.3, 0.4) is 0 Å². The highest BCUT2D eigenvalue weighted by atomic mass is 32.2. The summed E-state index contributed by atoms with van der Waals surface area (Å²) in [4.78, 5) is 0. The standard InChI is InChI=1S/C12H12N2O3S2/c13-10(6-15)11-9(8-4-2-1-3-5-8)7-18-12(11)19(14,16)17/h1-5,7,13,15H,6H2,(H2,14,16,17). The molecule has 100 valence electrons. The molecule has 0 saturated carbocycles. The lowest BCUT2D eigenvalue weighted by Gasteiger charge is -2.06. The second-order valence-corrected chi connectivity index (χ2v) is 6.50. The smallest absolute Gasteiger partial charge is 0.248 e. The number of nitrogens with one attached hydrogen (secondary N) is 1. The highest BCUT2D eigenvalue weighted by molar-refractivity contribution is 7.91. The number of hydrogen-bond donors (Lipinski definition) is 3. The van der Waals surface area contributed by atoms with Crippen LogP contribution in [0.5, 0.6) is 0 Å². The average molecular weight is 296 g/mol. The Morgan fingerprint density at radius 2 is 1.95 bits per heavy atom. The molecule has 1 aromatic carbocycles. The van der Waals surface area contributed by atoms with Crippen LogP contribution in [0.25, 0.3) is 11.1 Å². The first kappa shape index (κ1) is 13.9. The predicted molar refractivity (Wildman–Crippen MR) is 75.0 cm³/mol. The summed E-state index contributed by atoms with van der Waals surface area (Å²) in [6.45, 7) is -0.543. The van der Waals surface area contributed by atoms with Gasteiger partial charge in [-0.15, -0.1) is 11.3 Å². The minimum atomic E-state index is -3.91. The topological polar surface area (TPSA) is 104 Å². The number of sulfonamides is 1. The predicted octanol–water partition coefficient (Wildman–Crippen LogP) is 1.42. The fourth-order valence-electron chi connectivity index (χ4n) is 1.74. The zero-order chi connectivity index (χ0) is 14.0. The molecule has 2 rings (SSSR count). The lowest BCUT2D eigenvalue weighted by atomic mass is 10.0. The lowest BCUT2D eigenvalue weighted by molar-refractivity contribution is 0.357. The van der Waals surface area contributed by atoms with Gasteiger partial charge in [-0.05, 0) is 5.56 Å². The number of rotatable bonds is 4. The number of aliphatic hydroxyl groups is 1. The molecule has 2 aromatic rings. The first-order valence-electron chi connectivity index (χ1n) is 5.33. The van der Waals surface area contributed by atoms with Gasteiger partial charge in [-0.3, -0.25) is 0 Å². The maximum absolute atomic E-state index is 11.5. The Balaban J connectivity index is 2.71. The van der Waals surface area contributed by atoms with Crippen molar-refractivity contribution in [3.8, 4) is 11.1 Å². The molecule has 0 atom stereocenters. The van der Waals surface area contributed by atoms with Gasteiger partial charge in [0.1, 0.15) is 4.21 Å². The summed E-state index contributed by atoms with van der Waals surface area (Å²) in [6, 6.07) is 9.09. The van der Waals surface area contributed by atoms with Crippen LogP contribution < -0.4 is 5.14 Å². The first-order valence-corrected chi connectivity index (χ1v) is 7.76. The summed E-state index contributed by atoms with van der Waals surface area (Å²) < 4.78 is 23.0. The number of primary sulfonamides is 1. The van der Waals surface area contributed by atoms with E-state index in [0.29, 0.717) is 5.56 Å². The second kappa shape index (κ2) is 5.22. The van der Waals surface area contributed by atoms with Crippen LogP contribution in [0.2, 0.25) is 0 Å². The van der Waals surface area contributed by atoms with Crippen LogP contribution >= 0.6 is 11.3 Å². The fraction of sp³-hybridized carbons (Fsp3) is 0.0833. The van der Waals surface area contributed by atoms with E-state index < -0.39 is 16.6 Å². The van der Waals surface area contributed by atoms with Gasteiger partial charge in [-0.1, -0.05) is 30.3 Å². The molecule has 0 aliphatic rings. The molecular weight excluding hydrogens is 284 g/mol. The highest BCUT2D eigenvalue weighted by Crippen LogP contribution is 2.34. The zero-order valence-electron chi connectivity index (χ0n) is 9.83. The molecule has 0 amide bonds. The Kier molecular flexibility index (Phi) is 3.81. The summed E-state index contributed by atoms with van der Waals surface area (Å²) in [7, 11) is -3.91. The minimum absolute atomic E-state index is 0.0922. The van der Waals surface area contributed by atoms with E-state index in [-0.39, 0.29) is 15.5 Å². The van der Waals surface area contributed by atoms with Gasteiger partial charge in [-0.25, -0.2) is 13.6 Å². The van der Waals surface area contributed by atoms with Crippen LogP contribution in [-0.4, -0.2) is 25.8 Å². The van der Waals surface area contributed by atoms with E-state index in [1.807, 2.05) is 30.3 Å². The SMILES string of the molecule is N=C(CO)c1c(-c2ccccc2)csc1S(N)(=O)=O. The summed E-state index contributed by atoms with van der Waals surface area (Å²) in [6.07, 6.45) is 0. The molecule has 0 bridgehead atoms. The number of hydrogen-bond acceptors (Lipinski definition) is 5. The van der Waals surface area contributed by atoms with Crippen molar-refractivity contribution in [1.29, 1.82) is 5.41 Å². The maximum atomic E-state index is 11.5. The Morgan fingerprint density at radius 1 is 1.32 bits per heavy atom. The molecule has 1 aromatic heterocycles. The van der Waals surface area contributed by atoms with Crippen molar-refractivity contribution in [1.82, 2.24) is 0 Å². The van der Waals surface area contributed by atoms with Crippen molar-refractivity contribution in [2.75, 3.05) is 6.61 Å². The van der Waals surface area contributed by atoms with Crippen LogP contribution in [0.15, 0.2) is 39.9 Å². The lowest BCUT2D eigenvalue weighted by Crippen LogP contribution is -2.16. The van der Waals surface area contributed by atoms with E-state index in [0.717, 1.165) is 16.9 Å². The zero-order valence-corrected chi connectivity index (χ0v) is 11.5. The Bertz CT molecular complexity index is 706. The molecule has 19 heavy (non-hydrogen) atoms. The van der Waals surface area contributed by atoms with Crippen molar-refractivity contribution in [2.24, 2.45) is 5.14 Å². The summed E-state index contributed by atoms with van der Waals surface area (Å²) >= 11 is 0.957. The number of benzene rings is 1. The van der Waals surface area contributed by atoms with Gasteiger partial charge in [0.05, 0.1) is 12.3 Å². The van der Waals surface area contributed by atoms with Gasteiger partial charge in [-0.2, -0.15) is 0 Å². The summed E-state index contributed by atoms with van der Waals surface area (Å²) in [5.74, 6) is 0. The van der Waals surface area contributed by atoms with E-state index in [1.54, 1.807) is 5.38 Å². The quantitative estimate of drug-likeness (QED) is 0.743. The third kappa shape index (κ3) is 2.74. The number of thiophene rings is 1. The van der Waals surface area contributed by atoms with Crippen LogP contribution in [0, 0.1) is 5.41 Å². The molecule has 0 radical (unpaired) electrons. The minimum Gasteiger partial charge on any atom is -0.390 e. The maximum Gasteiger partial charge on any atom is 0.248 e.